The van der Waals surface area contributed by atoms with Crippen LogP contribution in [-0.4, -0.2) is 47.2 Å². The Bertz CT molecular complexity index is 405. The van der Waals surface area contributed by atoms with Crippen LogP contribution in [-0.2, 0) is 11.8 Å². The highest BCUT2D eigenvalue weighted by Gasteiger charge is 2.29. The topological polar surface area (TPSA) is 30.3 Å². The summed E-state index contributed by atoms with van der Waals surface area (Å²) in [5.74, 6) is 0. The van der Waals surface area contributed by atoms with Crippen LogP contribution in [0.5, 0.6) is 0 Å². The third-order valence-electron chi connectivity index (χ3n) is 3.26. The maximum atomic E-state index is 12.0. The van der Waals surface area contributed by atoms with Crippen molar-refractivity contribution in [1.29, 1.82) is 0 Å². The van der Waals surface area contributed by atoms with Gasteiger partial charge in [-0.05, 0) is 19.4 Å². The number of halogens is 3. The number of likely N-dealkylation sites (tertiary alicyclic amines) is 1. The van der Waals surface area contributed by atoms with E-state index in [4.69, 9.17) is 0 Å². The van der Waals surface area contributed by atoms with Crippen LogP contribution in [0.3, 0.4) is 0 Å². The largest absolute Gasteiger partial charge is 0.411 e. The fourth-order valence-electron chi connectivity index (χ4n) is 2.45. The lowest BCUT2D eigenvalue weighted by atomic mass is 10.1. The van der Waals surface area contributed by atoms with Crippen molar-refractivity contribution in [3.8, 4) is 0 Å². The Balaban J connectivity index is 1.79. The SMILES string of the molecule is Cn1cc([C@H]2CCCN2CCOCC(F)(F)F)cn1. The van der Waals surface area contributed by atoms with Gasteiger partial charge >= 0.3 is 6.18 Å². The van der Waals surface area contributed by atoms with Crippen LogP contribution >= 0.6 is 0 Å². The van der Waals surface area contributed by atoms with Gasteiger partial charge in [0, 0.05) is 31.4 Å². The maximum absolute atomic E-state index is 12.0. The van der Waals surface area contributed by atoms with E-state index in [1.54, 1.807) is 4.68 Å². The van der Waals surface area contributed by atoms with Crippen LogP contribution in [0.1, 0.15) is 24.4 Å². The molecule has 7 heteroatoms. The van der Waals surface area contributed by atoms with Crippen molar-refractivity contribution in [1.82, 2.24) is 14.7 Å². The second-order valence-corrected chi connectivity index (χ2v) is 4.81. The van der Waals surface area contributed by atoms with Gasteiger partial charge in [0.1, 0.15) is 6.61 Å². The predicted molar refractivity (Wildman–Crippen MR) is 63.6 cm³/mol. The molecule has 0 radical (unpaired) electrons. The van der Waals surface area contributed by atoms with E-state index in [0.717, 1.165) is 24.9 Å². The van der Waals surface area contributed by atoms with E-state index in [2.05, 4.69) is 14.7 Å². The lowest BCUT2D eigenvalue weighted by Gasteiger charge is -2.23. The minimum atomic E-state index is -4.24. The molecule has 1 aromatic rings. The standard InChI is InChI=1S/C12H18F3N3O/c1-17-8-10(7-16-17)11-3-2-4-18(11)5-6-19-9-12(13,14)15/h7-8,11H,2-6,9H2,1H3/t11-/m1/s1. The minimum absolute atomic E-state index is 0.107. The number of nitrogens with zero attached hydrogens (tertiary/aromatic N) is 3. The van der Waals surface area contributed by atoms with Crippen LogP contribution in [0.4, 0.5) is 13.2 Å². The first-order chi connectivity index (χ1) is 8.96. The van der Waals surface area contributed by atoms with E-state index in [1.807, 2.05) is 19.4 Å². The zero-order valence-corrected chi connectivity index (χ0v) is 10.9. The highest BCUT2D eigenvalue weighted by Crippen LogP contribution is 2.31. The molecule has 0 bridgehead atoms. The smallest absolute Gasteiger partial charge is 0.371 e. The number of hydrogen-bond donors (Lipinski definition) is 0. The van der Waals surface area contributed by atoms with Crippen molar-refractivity contribution < 1.29 is 17.9 Å². The maximum Gasteiger partial charge on any atom is 0.411 e. The summed E-state index contributed by atoms with van der Waals surface area (Å²) < 4.78 is 42.3. The van der Waals surface area contributed by atoms with Crippen molar-refractivity contribution >= 4 is 0 Å². The van der Waals surface area contributed by atoms with Crippen molar-refractivity contribution in [3.63, 3.8) is 0 Å². The summed E-state index contributed by atoms with van der Waals surface area (Å²) in [4.78, 5) is 2.16. The summed E-state index contributed by atoms with van der Waals surface area (Å²) in [6.07, 6.45) is 1.61. The lowest BCUT2D eigenvalue weighted by Crippen LogP contribution is -2.28. The van der Waals surface area contributed by atoms with Gasteiger partial charge in [0.15, 0.2) is 0 Å². The van der Waals surface area contributed by atoms with Crippen LogP contribution in [0.15, 0.2) is 12.4 Å². The summed E-state index contributed by atoms with van der Waals surface area (Å²) in [7, 11) is 1.86. The van der Waals surface area contributed by atoms with Crippen LogP contribution < -0.4 is 0 Å². The number of alkyl halides is 3. The summed E-state index contributed by atoms with van der Waals surface area (Å²) in [5.41, 5.74) is 1.12. The molecule has 19 heavy (non-hydrogen) atoms. The van der Waals surface area contributed by atoms with Gasteiger partial charge < -0.3 is 4.74 Å². The second kappa shape index (κ2) is 5.92. The molecule has 0 aromatic carbocycles. The van der Waals surface area contributed by atoms with Crippen LogP contribution in [0.2, 0.25) is 0 Å². The average Bonchev–Trinajstić information content (AvgIpc) is 2.91. The fraction of sp³-hybridized carbons (Fsp3) is 0.750. The molecule has 0 aliphatic carbocycles. The molecule has 1 aromatic heterocycles. The molecule has 1 aliphatic rings. The summed E-state index contributed by atoms with van der Waals surface area (Å²) in [6, 6.07) is 0.253. The predicted octanol–water partition coefficient (Wildman–Crippen LogP) is 2.14. The van der Waals surface area contributed by atoms with Gasteiger partial charge in [0.25, 0.3) is 0 Å². The highest BCUT2D eigenvalue weighted by molar-refractivity contribution is 5.12. The average molecular weight is 277 g/mol. The molecule has 0 saturated carbocycles. The Morgan fingerprint density at radius 1 is 1.47 bits per heavy atom. The lowest BCUT2D eigenvalue weighted by molar-refractivity contribution is -0.174. The zero-order chi connectivity index (χ0) is 13.9. The molecule has 1 fully saturated rings. The second-order valence-electron chi connectivity index (χ2n) is 4.81. The Morgan fingerprint density at radius 2 is 2.26 bits per heavy atom. The van der Waals surface area contributed by atoms with Crippen molar-refractivity contribution in [2.75, 3.05) is 26.3 Å². The monoisotopic (exact) mass is 277 g/mol. The van der Waals surface area contributed by atoms with Crippen LogP contribution in [0, 0.1) is 0 Å². The van der Waals surface area contributed by atoms with E-state index in [-0.39, 0.29) is 12.6 Å². The van der Waals surface area contributed by atoms with Crippen molar-refractivity contribution in [2.45, 2.75) is 25.1 Å². The number of aryl methyl sites for hydroxylation is 1. The molecule has 1 saturated heterocycles. The van der Waals surface area contributed by atoms with Gasteiger partial charge in [0.2, 0.25) is 0 Å². The van der Waals surface area contributed by atoms with E-state index < -0.39 is 12.8 Å². The van der Waals surface area contributed by atoms with Crippen LogP contribution in [0.25, 0.3) is 0 Å². The Hall–Kier alpha value is -1.08. The number of rotatable bonds is 5. The first-order valence-electron chi connectivity index (χ1n) is 6.33. The fourth-order valence-corrected chi connectivity index (χ4v) is 2.45. The molecular weight excluding hydrogens is 259 g/mol. The molecule has 0 amide bonds. The van der Waals surface area contributed by atoms with Gasteiger partial charge in [-0.3, -0.25) is 9.58 Å². The molecule has 4 nitrogen and oxygen atoms in total. The van der Waals surface area contributed by atoms with E-state index in [9.17, 15) is 13.2 Å². The van der Waals surface area contributed by atoms with Crippen molar-refractivity contribution in [2.24, 2.45) is 7.05 Å². The Labute approximate surface area is 110 Å². The summed E-state index contributed by atoms with van der Waals surface area (Å²) in [5, 5.41) is 4.13. The molecule has 0 N–H and O–H groups in total. The quantitative estimate of drug-likeness (QED) is 0.772. The molecule has 0 spiro atoms. The number of ether oxygens (including phenoxy) is 1. The molecule has 2 heterocycles. The Morgan fingerprint density at radius 3 is 2.89 bits per heavy atom. The van der Waals surface area contributed by atoms with Gasteiger partial charge in [-0.15, -0.1) is 0 Å². The van der Waals surface area contributed by atoms with Crippen molar-refractivity contribution in [3.05, 3.63) is 18.0 Å². The Kier molecular flexibility index (Phi) is 4.46. The first kappa shape index (κ1) is 14.3. The first-order valence-corrected chi connectivity index (χ1v) is 6.33. The zero-order valence-electron chi connectivity index (χ0n) is 10.9. The van der Waals surface area contributed by atoms with E-state index in [1.165, 1.54) is 0 Å². The number of hydrogen-bond acceptors (Lipinski definition) is 3. The highest BCUT2D eigenvalue weighted by atomic mass is 19.4. The molecule has 108 valence electrons. The molecule has 2 rings (SSSR count). The molecule has 1 atom stereocenters. The van der Waals surface area contributed by atoms with Gasteiger partial charge in [-0.1, -0.05) is 0 Å². The third-order valence-corrected chi connectivity index (χ3v) is 3.26. The normalized spacial score (nSPS) is 21.2. The minimum Gasteiger partial charge on any atom is -0.371 e. The van der Waals surface area contributed by atoms with Gasteiger partial charge in [-0.2, -0.15) is 18.3 Å². The van der Waals surface area contributed by atoms with Gasteiger partial charge in [-0.25, -0.2) is 0 Å². The summed E-state index contributed by atoms with van der Waals surface area (Å²) >= 11 is 0. The van der Waals surface area contributed by atoms with Gasteiger partial charge in [0.05, 0.1) is 12.8 Å². The molecule has 1 aliphatic heterocycles. The van der Waals surface area contributed by atoms with E-state index >= 15 is 0 Å². The molecular formula is C12H18F3N3O. The van der Waals surface area contributed by atoms with E-state index in [0.29, 0.717) is 6.54 Å². The number of aromatic nitrogens is 2. The summed E-state index contributed by atoms with van der Waals surface area (Å²) in [6.45, 7) is 0.360. The molecule has 0 unspecified atom stereocenters. The third kappa shape index (κ3) is 4.21.